The Bertz CT molecular complexity index is 1560. The molecule has 4 aromatic rings. The first kappa shape index (κ1) is 32.1. The van der Waals surface area contributed by atoms with Crippen molar-refractivity contribution in [3.8, 4) is 28.3 Å². The predicted molar refractivity (Wildman–Crippen MR) is 155 cm³/mol. The summed E-state index contributed by atoms with van der Waals surface area (Å²) in [6.45, 7) is 6.02. The van der Waals surface area contributed by atoms with Crippen molar-refractivity contribution in [2.24, 2.45) is 0 Å². The highest BCUT2D eigenvalue weighted by Gasteiger charge is 2.38. The maximum Gasteiger partial charge on any atom is 0.414 e. The van der Waals surface area contributed by atoms with Gasteiger partial charge >= 0.3 is 12.3 Å². The van der Waals surface area contributed by atoms with Crippen molar-refractivity contribution < 1.29 is 41.7 Å². The fourth-order valence-corrected chi connectivity index (χ4v) is 5.01. The van der Waals surface area contributed by atoms with Crippen LogP contribution in [0.1, 0.15) is 26.3 Å². The number of fused-ring (bicyclic) bond motifs is 1. The molecular formula is C30H31F4N3O5S. The van der Waals surface area contributed by atoms with Crippen molar-refractivity contribution in [1.82, 2.24) is 15.5 Å². The number of amides is 1. The van der Waals surface area contributed by atoms with Crippen LogP contribution in [-0.2, 0) is 15.9 Å². The van der Waals surface area contributed by atoms with E-state index in [4.69, 9.17) is 14.2 Å². The first-order valence-corrected chi connectivity index (χ1v) is 14.2. The van der Waals surface area contributed by atoms with Crippen molar-refractivity contribution in [2.75, 3.05) is 26.4 Å². The molecule has 0 saturated heterocycles. The normalized spacial score (nSPS) is 12.7. The molecule has 0 fully saturated rings. The Kier molecular flexibility index (Phi) is 10.2. The van der Waals surface area contributed by atoms with Crippen LogP contribution >= 0.6 is 11.3 Å². The molecule has 4 rings (SSSR count). The minimum absolute atomic E-state index is 0.0958. The molecule has 13 heteroatoms. The zero-order valence-corrected chi connectivity index (χ0v) is 24.5. The van der Waals surface area contributed by atoms with E-state index in [0.717, 1.165) is 4.70 Å². The van der Waals surface area contributed by atoms with E-state index >= 15 is 0 Å². The Hall–Kier alpha value is -3.81. The van der Waals surface area contributed by atoms with Gasteiger partial charge in [-0.25, -0.2) is 9.18 Å². The van der Waals surface area contributed by atoms with Gasteiger partial charge in [0.25, 0.3) is 0 Å². The maximum absolute atomic E-state index is 14.2. The number of nitrogens with zero attached hydrogens (tertiary/aromatic N) is 2. The van der Waals surface area contributed by atoms with Gasteiger partial charge in [-0.2, -0.15) is 13.2 Å². The van der Waals surface area contributed by atoms with Crippen LogP contribution < -0.4 is 10.1 Å². The van der Waals surface area contributed by atoms with Crippen LogP contribution in [0.2, 0.25) is 0 Å². The van der Waals surface area contributed by atoms with Crippen LogP contribution in [0.5, 0.6) is 5.75 Å². The highest BCUT2D eigenvalue weighted by atomic mass is 32.1. The zero-order chi connectivity index (χ0) is 31.2. The molecule has 0 spiro atoms. The van der Waals surface area contributed by atoms with Crippen LogP contribution in [-0.4, -0.2) is 65.6 Å². The van der Waals surface area contributed by atoms with E-state index in [1.54, 1.807) is 39.0 Å². The number of carbonyl (C=O) groups is 1. The fraction of sp³-hybridized carbons (Fsp3) is 0.367. The first-order valence-electron chi connectivity index (χ1n) is 13.4. The quantitative estimate of drug-likeness (QED) is 0.145. The summed E-state index contributed by atoms with van der Waals surface area (Å²) < 4.78 is 70.0. The molecular weight excluding hydrogens is 590 g/mol. The summed E-state index contributed by atoms with van der Waals surface area (Å²) in [5.41, 5.74) is 1.66. The number of hydrogen-bond donors (Lipinski definition) is 2. The highest BCUT2D eigenvalue weighted by Crippen LogP contribution is 2.39. The molecule has 0 bridgehead atoms. The molecule has 1 unspecified atom stereocenters. The average Bonchev–Trinajstić information content (AvgIpc) is 3.41. The second-order valence-electron chi connectivity index (χ2n) is 10.6. The average molecular weight is 622 g/mol. The Balaban J connectivity index is 1.46. The molecule has 0 saturated carbocycles. The van der Waals surface area contributed by atoms with Gasteiger partial charge in [-0.15, -0.1) is 21.5 Å². The Morgan fingerprint density at radius 3 is 2.53 bits per heavy atom. The molecule has 1 amide bonds. The number of aliphatic hydroxyl groups is 1. The lowest BCUT2D eigenvalue weighted by atomic mass is 10.0. The van der Waals surface area contributed by atoms with E-state index in [1.165, 1.54) is 35.6 Å². The summed E-state index contributed by atoms with van der Waals surface area (Å²) in [6.07, 6.45) is -8.33. The first-order chi connectivity index (χ1) is 20.3. The molecule has 0 radical (unpaired) electrons. The molecule has 2 heterocycles. The van der Waals surface area contributed by atoms with E-state index in [1.807, 2.05) is 11.4 Å². The van der Waals surface area contributed by atoms with Crippen molar-refractivity contribution in [1.29, 1.82) is 0 Å². The molecule has 2 aromatic carbocycles. The van der Waals surface area contributed by atoms with Crippen LogP contribution in [0, 0.1) is 5.82 Å². The third kappa shape index (κ3) is 8.85. The third-order valence-corrected chi connectivity index (χ3v) is 6.91. The van der Waals surface area contributed by atoms with Crippen LogP contribution in [0.25, 0.3) is 32.6 Å². The van der Waals surface area contributed by atoms with E-state index in [2.05, 4.69) is 15.5 Å². The smallest absolute Gasteiger partial charge is 0.414 e. The second kappa shape index (κ2) is 13.7. The third-order valence-electron chi connectivity index (χ3n) is 5.99. The molecule has 43 heavy (non-hydrogen) atoms. The maximum atomic E-state index is 14.2. The molecule has 2 aromatic heterocycles. The van der Waals surface area contributed by atoms with Gasteiger partial charge in [0, 0.05) is 35.5 Å². The Morgan fingerprint density at radius 1 is 1.02 bits per heavy atom. The number of rotatable bonds is 11. The van der Waals surface area contributed by atoms with Gasteiger partial charge in [0.1, 0.15) is 35.2 Å². The van der Waals surface area contributed by atoms with Gasteiger partial charge in [-0.05, 0) is 56.0 Å². The number of carbonyl (C=O) groups excluding carboxylic acids is 1. The van der Waals surface area contributed by atoms with Gasteiger partial charge in [-0.1, -0.05) is 18.2 Å². The number of ether oxygens (including phenoxy) is 3. The van der Waals surface area contributed by atoms with Crippen LogP contribution in [0.15, 0.2) is 53.9 Å². The summed E-state index contributed by atoms with van der Waals surface area (Å²) in [5.74, 6) is -0.276. The monoisotopic (exact) mass is 621 g/mol. The number of thiophene rings is 1. The molecule has 8 nitrogen and oxygen atoms in total. The summed E-state index contributed by atoms with van der Waals surface area (Å²) in [6, 6.07) is 12.3. The number of hydrogen-bond acceptors (Lipinski definition) is 8. The van der Waals surface area contributed by atoms with Crippen molar-refractivity contribution in [3.63, 3.8) is 0 Å². The van der Waals surface area contributed by atoms with Crippen molar-refractivity contribution in [2.45, 2.75) is 45.1 Å². The molecule has 230 valence electrons. The molecule has 2 N–H and O–H groups in total. The molecule has 0 aliphatic heterocycles. The summed E-state index contributed by atoms with van der Waals surface area (Å²) in [7, 11) is 0. The number of alkyl halides is 3. The number of halogens is 4. The van der Waals surface area contributed by atoms with E-state index < -0.39 is 36.2 Å². The zero-order valence-electron chi connectivity index (χ0n) is 23.7. The second-order valence-corrected chi connectivity index (χ2v) is 11.5. The molecule has 1 atom stereocenters. The molecule has 0 aliphatic carbocycles. The molecule has 0 aliphatic rings. The van der Waals surface area contributed by atoms with E-state index in [-0.39, 0.29) is 32.1 Å². The Morgan fingerprint density at radius 2 is 1.79 bits per heavy atom. The topological polar surface area (TPSA) is 103 Å². The van der Waals surface area contributed by atoms with Gasteiger partial charge in [0.2, 0.25) is 0 Å². The van der Waals surface area contributed by atoms with Crippen molar-refractivity contribution in [3.05, 3.63) is 65.3 Å². The number of aliphatic hydroxyl groups excluding tert-OH is 1. The summed E-state index contributed by atoms with van der Waals surface area (Å²) in [4.78, 5) is 11.7. The lowest BCUT2D eigenvalue weighted by Gasteiger charge is -2.19. The lowest BCUT2D eigenvalue weighted by molar-refractivity contribution is -0.203. The number of aromatic nitrogens is 2. The SMILES string of the molecule is CC(C)(C)OC(=O)NCCOCCOc1cc(F)ccc1-c1nnc(-c2cccc(CC(O)C(F)(F)F)c2)c2ccsc12. The predicted octanol–water partition coefficient (Wildman–Crippen LogP) is 6.55. The van der Waals surface area contributed by atoms with Crippen LogP contribution in [0.3, 0.4) is 0 Å². The van der Waals surface area contributed by atoms with E-state index in [0.29, 0.717) is 33.5 Å². The van der Waals surface area contributed by atoms with Crippen LogP contribution in [0.4, 0.5) is 22.4 Å². The van der Waals surface area contributed by atoms with Gasteiger partial charge < -0.3 is 24.6 Å². The minimum atomic E-state index is -4.72. The standard InChI is InChI=1S/C30H31F4N3O5S/c1-29(2,3)42-28(39)35-10-11-40-12-13-41-23-17-20(31)7-8-21(23)26-27-22(9-14-43-27)25(36-37-26)19-6-4-5-18(15-19)16-24(38)30(32,33)34/h4-9,14-15,17,24,38H,10-13,16H2,1-3H3,(H,35,39). The lowest BCUT2D eigenvalue weighted by Crippen LogP contribution is -2.34. The number of alkyl carbamates (subject to hydrolysis) is 1. The minimum Gasteiger partial charge on any atom is -0.490 e. The van der Waals surface area contributed by atoms with E-state index in [9.17, 15) is 27.5 Å². The van der Waals surface area contributed by atoms with Gasteiger partial charge in [0.15, 0.2) is 6.10 Å². The Labute approximate surface area is 249 Å². The summed E-state index contributed by atoms with van der Waals surface area (Å²) >= 11 is 1.38. The highest BCUT2D eigenvalue weighted by molar-refractivity contribution is 7.17. The summed E-state index contributed by atoms with van der Waals surface area (Å²) in [5, 5.41) is 23.4. The number of nitrogens with one attached hydrogen (secondary N) is 1. The van der Waals surface area contributed by atoms with Gasteiger partial charge in [0.05, 0.1) is 17.9 Å². The largest absolute Gasteiger partial charge is 0.490 e. The van der Waals surface area contributed by atoms with Gasteiger partial charge in [-0.3, -0.25) is 0 Å². The fourth-order valence-electron chi connectivity index (χ4n) is 4.12. The number of benzene rings is 2. The van der Waals surface area contributed by atoms with Crippen molar-refractivity contribution >= 4 is 27.5 Å².